The van der Waals surface area contributed by atoms with Crippen LogP contribution in [-0.4, -0.2) is 44.2 Å². The van der Waals surface area contributed by atoms with Gasteiger partial charge in [0.15, 0.2) is 0 Å². The molecule has 208 valence electrons. The summed E-state index contributed by atoms with van der Waals surface area (Å²) in [6, 6.07) is 14.2. The lowest BCUT2D eigenvalue weighted by Crippen LogP contribution is -2.53. The van der Waals surface area contributed by atoms with Gasteiger partial charge < -0.3 is 5.11 Å². The Kier molecular flexibility index (Phi) is 7.27. The number of hydrogen-bond donors (Lipinski definition) is 1. The molecule has 2 aromatic heterocycles. The SMILES string of the molecule is Cc1cccc(Cl)c1-n1c(=O)ccc2c(-c3ccc(F)cc3Cl)cc(C3(C(=O)O)CCN(C(C)(C)C)CC3)nc21. The molecule has 1 aliphatic heterocycles. The van der Waals surface area contributed by atoms with Gasteiger partial charge in [0.05, 0.1) is 21.4 Å². The predicted octanol–water partition coefficient (Wildman–Crippen LogP) is 7.02. The lowest BCUT2D eigenvalue weighted by atomic mass is 9.74. The minimum absolute atomic E-state index is 0.115. The van der Waals surface area contributed by atoms with Gasteiger partial charge in [0, 0.05) is 35.6 Å². The maximum absolute atomic E-state index is 14.0. The molecule has 0 spiro atoms. The van der Waals surface area contributed by atoms with Crippen LogP contribution in [-0.2, 0) is 10.2 Å². The summed E-state index contributed by atoms with van der Waals surface area (Å²) >= 11 is 13.1. The van der Waals surface area contributed by atoms with Crippen molar-refractivity contribution in [1.82, 2.24) is 14.5 Å². The molecule has 0 radical (unpaired) electrons. The molecule has 40 heavy (non-hydrogen) atoms. The first-order valence-electron chi connectivity index (χ1n) is 13.1. The van der Waals surface area contributed by atoms with E-state index in [1.807, 2.05) is 13.0 Å². The summed E-state index contributed by atoms with van der Waals surface area (Å²) in [4.78, 5) is 33.6. The van der Waals surface area contributed by atoms with Gasteiger partial charge in [-0.3, -0.25) is 19.1 Å². The Morgan fingerprint density at radius 1 is 1.00 bits per heavy atom. The summed E-state index contributed by atoms with van der Waals surface area (Å²) in [5, 5.41) is 11.7. The second-order valence-corrected chi connectivity index (χ2v) is 12.2. The normalized spacial score (nSPS) is 15.9. The third kappa shape index (κ3) is 4.80. The first-order chi connectivity index (χ1) is 18.8. The predicted molar refractivity (Wildman–Crippen MR) is 157 cm³/mol. The first kappa shape index (κ1) is 28.3. The second-order valence-electron chi connectivity index (χ2n) is 11.4. The van der Waals surface area contributed by atoms with Crippen LogP contribution in [0.2, 0.25) is 10.0 Å². The molecule has 0 amide bonds. The zero-order valence-electron chi connectivity index (χ0n) is 22.8. The number of fused-ring (bicyclic) bond motifs is 1. The fourth-order valence-corrected chi connectivity index (χ4v) is 6.22. The summed E-state index contributed by atoms with van der Waals surface area (Å²) in [6.45, 7) is 9.28. The molecule has 1 N–H and O–H groups in total. The maximum atomic E-state index is 14.0. The third-order valence-electron chi connectivity index (χ3n) is 7.96. The highest BCUT2D eigenvalue weighted by Crippen LogP contribution is 2.42. The summed E-state index contributed by atoms with van der Waals surface area (Å²) in [7, 11) is 0. The van der Waals surface area contributed by atoms with Crippen LogP contribution in [0.3, 0.4) is 0 Å². The zero-order chi connectivity index (χ0) is 29.0. The molecule has 4 aromatic rings. The van der Waals surface area contributed by atoms with Crippen molar-refractivity contribution in [3.63, 3.8) is 0 Å². The van der Waals surface area contributed by atoms with Crippen molar-refractivity contribution in [2.75, 3.05) is 13.1 Å². The molecule has 0 atom stereocenters. The van der Waals surface area contributed by atoms with Crippen LogP contribution in [0.15, 0.2) is 59.4 Å². The first-order valence-corrected chi connectivity index (χ1v) is 13.9. The van der Waals surface area contributed by atoms with Crippen molar-refractivity contribution >= 4 is 40.2 Å². The van der Waals surface area contributed by atoms with Crippen LogP contribution in [0.1, 0.15) is 44.9 Å². The molecule has 1 fully saturated rings. The number of likely N-dealkylation sites (tertiary alicyclic amines) is 1. The van der Waals surface area contributed by atoms with Crippen LogP contribution in [0.5, 0.6) is 0 Å². The minimum Gasteiger partial charge on any atom is -0.481 e. The number of halogens is 3. The van der Waals surface area contributed by atoms with Crippen LogP contribution in [0.4, 0.5) is 4.39 Å². The second kappa shape index (κ2) is 10.3. The molecule has 5 rings (SSSR count). The largest absolute Gasteiger partial charge is 0.481 e. The van der Waals surface area contributed by atoms with Crippen LogP contribution in [0, 0.1) is 12.7 Å². The fourth-order valence-electron chi connectivity index (χ4n) is 5.65. The highest BCUT2D eigenvalue weighted by Gasteiger charge is 2.46. The van der Waals surface area contributed by atoms with Gasteiger partial charge in [0.1, 0.15) is 16.9 Å². The van der Waals surface area contributed by atoms with Gasteiger partial charge >= 0.3 is 5.97 Å². The Labute approximate surface area is 242 Å². The number of carboxylic acid groups (broad SMARTS) is 1. The van der Waals surface area contributed by atoms with E-state index < -0.39 is 17.2 Å². The van der Waals surface area contributed by atoms with Gasteiger partial charge in [-0.25, -0.2) is 9.37 Å². The average molecular weight is 583 g/mol. The molecule has 1 aliphatic rings. The van der Waals surface area contributed by atoms with Crippen molar-refractivity contribution in [2.24, 2.45) is 0 Å². The molecule has 1 saturated heterocycles. The summed E-state index contributed by atoms with van der Waals surface area (Å²) in [5.41, 5.74) is 1.08. The number of para-hydroxylation sites is 1. The van der Waals surface area contributed by atoms with Crippen LogP contribution in [0.25, 0.3) is 27.8 Å². The van der Waals surface area contributed by atoms with Crippen molar-refractivity contribution in [2.45, 2.75) is 51.5 Å². The number of carbonyl (C=O) groups is 1. The molecule has 0 bridgehead atoms. The lowest BCUT2D eigenvalue weighted by Gasteiger charge is -2.44. The molecule has 6 nitrogen and oxygen atoms in total. The maximum Gasteiger partial charge on any atom is 0.315 e. The van der Waals surface area contributed by atoms with Crippen LogP contribution < -0.4 is 5.56 Å². The highest BCUT2D eigenvalue weighted by atomic mass is 35.5. The van der Waals surface area contributed by atoms with Crippen LogP contribution >= 0.6 is 23.2 Å². The molecule has 2 aromatic carbocycles. The zero-order valence-corrected chi connectivity index (χ0v) is 24.3. The summed E-state index contributed by atoms with van der Waals surface area (Å²) in [5.74, 6) is -1.48. The molecule has 0 aliphatic carbocycles. The van der Waals surface area contributed by atoms with E-state index in [1.165, 1.54) is 22.8 Å². The highest BCUT2D eigenvalue weighted by molar-refractivity contribution is 6.34. The van der Waals surface area contributed by atoms with Crippen molar-refractivity contribution < 1.29 is 14.3 Å². The monoisotopic (exact) mass is 581 g/mol. The van der Waals surface area contributed by atoms with Gasteiger partial charge in [-0.15, -0.1) is 0 Å². The number of piperidine rings is 1. The number of carboxylic acids is 1. The topological polar surface area (TPSA) is 75.4 Å². The van der Waals surface area contributed by atoms with E-state index in [1.54, 1.807) is 30.3 Å². The number of hydrogen-bond acceptors (Lipinski definition) is 4. The molecule has 0 unspecified atom stereocenters. The number of nitrogens with zero attached hydrogens (tertiary/aromatic N) is 3. The van der Waals surface area contributed by atoms with E-state index in [0.29, 0.717) is 58.8 Å². The van der Waals surface area contributed by atoms with Gasteiger partial charge in [0.25, 0.3) is 5.56 Å². The van der Waals surface area contributed by atoms with E-state index in [0.717, 1.165) is 5.56 Å². The molecule has 3 heterocycles. The number of benzene rings is 2. The lowest BCUT2D eigenvalue weighted by molar-refractivity contribution is -0.146. The molecular formula is C31H30Cl2FN3O3. The van der Waals surface area contributed by atoms with Gasteiger partial charge in [0.2, 0.25) is 0 Å². The number of pyridine rings is 2. The average Bonchev–Trinajstić information content (AvgIpc) is 2.88. The van der Waals surface area contributed by atoms with E-state index >= 15 is 0 Å². The third-order valence-corrected chi connectivity index (χ3v) is 8.58. The van der Waals surface area contributed by atoms with Gasteiger partial charge in [-0.05, 0) is 88.1 Å². The van der Waals surface area contributed by atoms with E-state index in [-0.39, 0.29) is 21.8 Å². The van der Waals surface area contributed by atoms with E-state index in [9.17, 15) is 19.1 Å². The Hall–Kier alpha value is -3.26. The van der Waals surface area contributed by atoms with Gasteiger partial charge in [-0.1, -0.05) is 35.3 Å². The Bertz CT molecular complexity index is 1680. The number of rotatable bonds is 4. The summed E-state index contributed by atoms with van der Waals surface area (Å²) < 4.78 is 15.5. The van der Waals surface area contributed by atoms with Crippen molar-refractivity contribution in [1.29, 1.82) is 0 Å². The Morgan fingerprint density at radius 2 is 1.70 bits per heavy atom. The van der Waals surface area contributed by atoms with Gasteiger partial charge in [-0.2, -0.15) is 0 Å². The molecule has 9 heteroatoms. The Balaban J connectivity index is 1.86. The van der Waals surface area contributed by atoms with E-state index in [2.05, 4.69) is 25.7 Å². The number of aromatic nitrogens is 2. The minimum atomic E-state index is -1.30. The summed E-state index contributed by atoms with van der Waals surface area (Å²) in [6.07, 6.45) is 0.660. The van der Waals surface area contributed by atoms with Crippen molar-refractivity contribution in [3.05, 3.63) is 92.1 Å². The standard InChI is InChI=1S/C31H30Cl2FN3O3/c1-18-6-5-7-23(32)27(18)37-26(38)11-10-21-22(20-9-8-19(34)16-24(20)33)17-25(35-28(21)37)31(29(39)40)12-14-36(15-13-31)30(2,3)4/h5-11,16-17H,12-15H2,1-4H3,(H,39,40). The number of aliphatic carboxylic acids is 1. The van der Waals surface area contributed by atoms with Crippen molar-refractivity contribution in [3.8, 4) is 16.8 Å². The smallest absolute Gasteiger partial charge is 0.315 e. The number of aryl methyl sites for hydroxylation is 1. The fraction of sp³-hybridized carbons (Fsp3) is 0.323. The molecular weight excluding hydrogens is 552 g/mol. The quantitative estimate of drug-likeness (QED) is 0.280. The van der Waals surface area contributed by atoms with E-state index in [4.69, 9.17) is 28.2 Å². The Morgan fingerprint density at radius 3 is 2.30 bits per heavy atom. The molecule has 0 saturated carbocycles.